The molecule has 2 aromatic rings. The molecule has 0 fully saturated rings. The van der Waals surface area contributed by atoms with Gasteiger partial charge in [-0.3, -0.25) is 10.00 Å². The van der Waals surface area contributed by atoms with E-state index in [0.29, 0.717) is 19.0 Å². The molecular weight excluding hydrogens is 308 g/mol. The fraction of sp³-hybridized carbons (Fsp3) is 0.412. The molecule has 0 saturated heterocycles. The first-order valence-electron chi connectivity index (χ1n) is 8.01. The molecule has 0 aliphatic carbocycles. The summed E-state index contributed by atoms with van der Waals surface area (Å²) in [5.74, 6) is 0.484. The number of nitrogens with one attached hydrogen (secondary N) is 2. The van der Waals surface area contributed by atoms with E-state index >= 15 is 0 Å². The molecule has 0 radical (unpaired) electrons. The number of aryl methyl sites for hydroxylation is 1. The fourth-order valence-corrected chi connectivity index (χ4v) is 2.28. The summed E-state index contributed by atoms with van der Waals surface area (Å²) in [5, 5.41) is 9.75. The molecular formula is C17H24N4O3. The normalized spacial score (nSPS) is 10.8. The van der Waals surface area contributed by atoms with Crippen LogP contribution < -0.4 is 10.6 Å². The van der Waals surface area contributed by atoms with Gasteiger partial charge in [0.05, 0.1) is 12.2 Å². The predicted molar refractivity (Wildman–Crippen MR) is 92.7 cm³/mol. The van der Waals surface area contributed by atoms with Crippen LogP contribution in [0.5, 0.6) is 0 Å². The first kappa shape index (κ1) is 18.0. The van der Waals surface area contributed by atoms with E-state index in [-0.39, 0.29) is 12.6 Å². The molecule has 1 aromatic heterocycles. The molecule has 1 heterocycles. The Hall–Kier alpha value is -2.38. The summed E-state index contributed by atoms with van der Waals surface area (Å²) in [4.78, 5) is 12.0. The molecule has 7 nitrogen and oxygen atoms in total. The SMILES string of the molecule is CCOC(CNC(=O)Nc1cc(-c2ccccc2)n(C)n1)OCC. The van der Waals surface area contributed by atoms with E-state index in [2.05, 4.69) is 15.7 Å². The molecule has 24 heavy (non-hydrogen) atoms. The summed E-state index contributed by atoms with van der Waals surface area (Å²) < 4.78 is 12.5. The fourth-order valence-electron chi connectivity index (χ4n) is 2.28. The Morgan fingerprint density at radius 3 is 2.50 bits per heavy atom. The van der Waals surface area contributed by atoms with Crippen molar-refractivity contribution in [1.29, 1.82) is 0 Å². The lowest BCUT2D eigenvalue weighted by Crippen LogP contribution is -2.37. The van der Waals surface area contributed by atoms with Crippen molar-refractivity contribution in [3.05, 3.63) is 36.4 Å². The van der Waals surface area contributed by atoms with Crippen LogP contribution in [0.3, 0.4) is 0 Å². The zero-order chi connectivity index (χ0) is 17.4. The number of benzene rings is 1. The van der Waals surface area contributed by atoms with Crippen LogP contribution in [-0.4, -0.2) is 41.9 Å². The molecule has 0 spiro atoms. The first-order chi connectivity index (χ1) is 11.6. The highest BCUT2D eigenvalue weighted by atomic mass is 16.7. The summed E-state index contributed by atoms with van der Waals surface area (Å²) in [6, 6.07) is 11.4. The second kappa shape index (κ2) is 9.05. The van der Waals surface area contributed by atoms with Crippen LogP contribution in [0, 0.1) is 0 Å². The van der Waals surface area contributed by atoms with Gasteiger partial charge in [-0.1, -0.05) is 30.3 Å². The lowest BCUT2D eigenvalue weighted by atomic mass is 10.1. The third kappa shape index (κ3) is 5.07. The largest absolute Gasteiger partial charge is 0.351 e. The zero-order valence-corrected chi connectivity index (χ0v) is 14.3. The Labute approximate surface area is 142 Å². The minimum atomic E-state index is -0.450. The molecule has 0 saturated carbocycles. The van der Waals surface area contributed by atoms with Gasteiger partial charge in [0, 0.05) is 26.3 Å². The highest BCUT2D eigenvalue weighted by Gasteiger charge is 2.12. The molecule has 0 bridgehead atoms. The lowest BCUT2D eigenvalue weighted by Gasteiger charge is -2.17. The number of carbonyl (C=O) groups excluding carboxylic acids is 1. The number of anilines is 1. The topological polar surface area (TPSA) is 77.4 Å². The molecule has 7 heteroatoms. The molecule has 0 aliphatic heterocycles. The van der Waals surface area contributed by atoms with Crippen molar-refractivity contribution in [2.24, 2.45) is 7.05 Å². The average Bonchev–Trinajstić information content (AvgIpc) is 2.94. The maximum Gasteiger partial charge on any atom is 0.320 e. The minimum Gasteiger partial charge on any atom is -0.351 e. The average molecular weight is 332 g/mol. The van der Waals surface area contributed by atoms with Gasteiger partial charge in [0.1, 0.15) is 0 Å². The maximum atomic E-state index is 12.0. The van der Waals surface area contributed by atoms with Gasteiger partial charge in [0.15, 0.2) is 12.1 Å². The van der Waals surface area contributed by atoms with Gasteiger partial charge in [0.25, 0.3) is 0 Å². The molecule has 0 atom stereocenters. The molecule has 2 rings (SSSR count). The number of amides is 2. The summed E-state index contributed by atoms with van der Waals surface area (Å²) in [6.45, 7) is 5.07. The van der Waals surface area contributed by atoms with Crippen LogP contribution in [0.25, 0.3) is 11.3 Å². The molecule has 0 aliphatic rings. The number of aromatic nitrogens is 2. The van der Waals surface area contributed by atoms with Crippen LogP contribution >= 0.6 is 0 Å². The second-order valence-electron chi connectivity index (χ2n) is 5.08. The number of urea groups is 1. The Bertz CT molecular complexity index is 637. The Morgan fingerprint density at radius 2 is 1.88 bits per heavy atom. The van der Waals surface area contributed by atoms with Gasteiger partial charge >= 0.3 is 6.03 Å². The summed E-state index contributed by atoms with van der Waals surface area (Å²) >= 11 is 0. The Balaban J connectivity index is 1.93. The quantitative estimate of drug-likeness (QED) is 0.729. The number of hydrogen-bond donors (Lipinski definition) is 2. The van der Waals surface area contributed by atoms with Gasteiger partial charge in [-0.15, -0.1) is 0 Å². The monoisotopic (exact) mass is 332 g/mol. The van der Waals surface area contributed by atoms with Crippen molar-refractivity contribution in [2.75, 3.05) is 25.1 Å². The summed E-state index contributed by atoms with van der Waals surface area (Å²) in [5.41, 5.74) is 1.96. The van der Waals surface area contributed by atoms with Gasteiger partial charge in [-0.05, 0) is 19.4 Å². The Morgan fingerprint density at radius 1 is 1.21 bits per heavy atom. The zero-order valence-electron chi connectivity index (χ0n) is 14.3. The number of ether oxygens (including phenoxy) is 2. The Kier molecular flexibility index (Phi) is 6.77. The second-order valence-corrected chi connectivity index (χ2v) is 5.08. The third-order valence-electron chi connectivity index (χ3n) is 3.33. The van der Waals surface area contributed by atoms with Crippen LogP contribution in [0.4, 0.5) is 10.6 Å². The van der Waals surface area contributed by atoms with Crippen molar-refractivity contribution < 1.29 is 14.3 Å². The number of carbonyl (C=O) groups is 1. The van der Waals surface area contributed by atoms with Crippen LogP contribution in [-0.2, 0) is 16.5 Å². The molecule has 2 amide bonds. The van der Waals surface area contributed by atoms with Crippen molar-refractivity contribution >= 4 is 11.8 Å². The summed E-state index contributed by atoms with van der Waals surface area (Å²) in [7, 11) is 1.84. The van der Waals surface area contributed by atoms with E-state index in [4.69, 9.17) is 9.47 Å². The molecule has 1 aromatic carbocycles. The standard InChI is InChI=1S/C17H24N4O3/c1-4-23-16(24-5-2)12-18-17(22)19-15-11-14(21(3)20-15)13-9-7-6-8-10-13/h6-11,16H,4-5,12H2,1-3H3,(H2,18,19,20,22). The highest BCUT2D eigenvalue weighted by molar-refractivity contribution is 5.88. The van der Waals surface area contributed by atoms with Crippen LogP contribution in [0.2, 0.25) is 0 Å². The van der Waals surface area contributed by atoms with Gasteiger partial charge in [0.2, 0.25) is 0 Å². The van der Waals surface area contributed by atoms with E-state index in [1.54, 1.807) is 4.68 Å². The molecule has 0 unspecified atom stereocenters. The van der Waals surface area contributed by atoms with E-state index in [1.807, 2.05) is 57.3 Å². The minimum absolute atomic E-state index is 0.270. The number of rotatable bonds is 8. The van der Waals surface area contributed by atoms with Gasteiger partial charge < -0.3 is 14.8 Å². The van der Waals surface area contributed by atoms with Crippen molar-refractivity contribution in [3.63, 3.8) is 0 Å². The third-order valence-corrected chi connectivity index (χ3v) is 3.33. The number of nitrogens with zero attached hydrogens (tertiary/aromatic N) is 2. The van der Waals surface area contributed by atoms with E-state index in [9.17, 15) is 4.79 Å². The molecule has 2 N–H and O–H groups in total. The predicted octanol–water partition coefficient (Wildman–Crippen LogP) is 2.61. The first-order valence-corrected chi connectivity index (χ1v) is 8.01. The van der Waals surface area contributed by atoms with Gasteiger partial charge in [-0.25, -0.2) is 4.79 Å². The van der Waals surface area contributed by atoms with Crippen molar-refractivity contribution in [2.45, 2.75) is 20.1 Å². The smallest absolute Gasteiger partial charge is 0.320 e. The van der Waals surface area contributed by atoms with E-state index in [0.717, 1.165) is 11.3 Å². The van der Waals surface area contributed by atoms with Crippen molar-refractivity contribution in [1.82, 2.24) is 15.1 Å². The molecule has 130 valence electrons. The van der Waals surface area contributed by atoms with Gasteiger partial charge in [-0.2, -0.15) is 5.10 Å². The number of hydrogen-bond acceptors (Lipinski definition) is 4. The summed E-state index contributed by atoms with van der Waals surface area (Å²) in [6.07, 6.45) is -0.450. The van der Waals surface area contributed by atoms with E-state index < -0.39 is 6.29 Å². The van der Waals surface area contributed by atoms with Crippen LogP contribution in [0.15, 0.2) is 36.4 Å². The van der Waals surface area contributed by atoms with E-state index in [1.165, 1.54) is 0 Å². The van der Waals surface area contributed by atoms with Crippen molar-refractivity contribution in [3.8, 4) is 11.3 Å². The van der Waals surface area contributed by atoms with Crippen LogP contribution in [0.1, 0.15) is 13.8 Å². The maximum absolute atomic E-state index is 12.0. The lowest BCUT2D eigenvalue weighted by molar-refractivity contribution is -0.131. The highest BCUT2D eigenvalue weighted by Crippen LogP contribution is 2.21.